The Morgan fingerprint density at radius 3 is 2.61 bits per heavy atom. The number of likely N-dealkylation sites (tertiary alicyclic amines) is 1. The monoisotopic (exact) mass is 480 g/mol. The number of amides is 1. The third kappa shape index (κ3) is 5.27. The third-order valence-corrected chi connectivity index (χ3v) is 6.04. The molecule has 3 N–H and O–H groups in total. The molecule has 0 aliphatic carbocycles. The zero-order valence-corrected chi connectivity index (χ0v) is 19.5. The van der Waals surface area contributed by atoms with Crippen LogP contribution < -0.4 is 16.0 Å². The second-order valence-corrected chi connectivity index (χ2v) is 8.61. The molecule has 0 unspecified atom stereocenters. The number of nitrogens with zero attached hydrogens (tertiary/aromatic N) is 3. The van der Waals surface area contributed by atoms with E-state index in [0.717, 1.165) is 46.5 Å². The van der Waals surface area contributed by atoms with Gasteiger partial charge in [-0.3, -0.25) is 9.69 Å². The largest absolute Gasteiger partial charge is 0.380 e. The fourth-order valence-electron chi connectivity index (χ4n) is 4.26. The van der Waals surface area contributed by atoms with Gasteiger partial charge in [0.05, 0.1) is 11.6 Å². The van der Waals surface area contributed by atoms with Gasteiger partial charge in [0.25, 0.3) is 5.91 Å². The Morgan fingerprint density at radius 2 is 1.83 bits per heavy atom. The number of carbonyl (C=O) groups excluding carboxylic acids is 1. The van der Waals surface area contributed by atoms with Crippen LogP contribution in [0.5, 0.6) is 0 Å². The average molecular weight is 481 g/mol. The number of benzene rings is 3. The molecule has 1 aromatic heterocycles. The lowest BCUT2D eigenvalue weighted by Gasteiger charge is -2.39. The summed E-state index contributed by atoms with van der Waals surface area (Å²) in [4.78, 5) is 22.9. The summed E-state index contributed by atoms with van der Waals surface area (Å²) in [6, 6.07) is 21.7. The summed E-state index contributed by atoms with van der Waals surface area (Å²) < 4.78 is 12.4. The van der Waals surface area contributed by atoms with Crippen molar-refractivity contribution in [2.75, 3.05) is 42.3 Å². The quantitative estimate of drug-likeness (QED) is 0.318. The topological polar surface area (TPSA) is 82.2 Å². The summed E-state index contributed by atoms with van der Waals surface area (Å²) >= 11 is 0. The van der Waals surface area contributed by atoms with Gasteiger partial charge < -0.3 is 16.0 Å². The van der Waals surface area contributed by atoms with Gasteiger partial charge in [-0.2, -0.15) is 0 Å². The maximum absolute atomic E-state index is 12.4. The Labute approximate surface area is 208 Å². The smallest absolute Gasteiger partial charge is 0.300 e. The molecular weight excluding hydrogens is 455 g/mol. The van der Waals surface area contributed by atoms with Crippen LogP contribution in [-0.2, 0) is 4.79 Å². The number of anilines is 4. The molecule has 0 spiro atoms. The van der Waals surface area contributed by atoms with Crippen LogP contribution in [0.15, 0.2) is 72.9 Å². The molecule has 0 atom stereocenters. The number of rotatable bonds is 8. The molecule has 2 heterocycles. The van der Waals surface area contributed by atoms with E-state index >= 15 is 0 Å². The summed E-state index contributed by atoms with van der Waals surface area (Å²) in [5, 5.41) is 10.3. The van der Waals surface area contributed by atoms with Crippen molar-refractivity contribution in [3.8, 4) is 23.5 Å². The molecule has 1 fully saturated rings. The number of nitrogens with one attached hydrogen (secondary N) is 3. The van der Waals surface area contributed by atoms with Crippen LogP contribution in [0.25, 0.3) is 22.0 Å². The summed E-state index contributed by atoms with van der Waals surface area (Å²) in [5.74, 6) is 2.05. The Morgan fingerprint density at radius 1 is 1.06 bits per heavy atom. The number of fused-ring (bicyclic) bond motifs is 1. The predicted octanol–water partition coefficient (Wildman–Crippen LogP) is 4.68. The maximum Gasteiger partial charge on any atom is 0.300 e. The minimum absolute atomic E-state index is 0.303. The van der Waals surface area contributed by atoms with Crippen LogP contribution in [0.1, 0.15) is 0 Å². The van der Waals surface area contributed by atoms with Gasteiger partial charge in [0.15, 0.2) is 0 Å². The first kappa shape index (κ1) is 23.3. The lowest BCUT2D eigenvalue weighted by Crippen LogP contribution is -2.55. The van der Waals surface area contributed by atoms with Crippen molar-refractivity contribution in [2.45, 2.75) is 6.04 Å². The van der Waals surface area contributed by atoms with Crippen LogP contribution >= 0.6 is 0 Å². The number of hydrogen-bond donors (Lipinski definition) is 3. The molecule has 8 heteroatoms. The molecule has 4 aromatic rings. The fraction of sp³-hybridized carbons (Fsp3) is 0.179. The minimum Gasteiger partial charge on any atom is -0.380 e. The first-order valence-corrected chi connectivity index (χ1v) is 11.7. The molecule has 1 saturated heterocycles. The van der Waals surface area contributed by atoms with Crippen molar-refractivity contribution >= 4 is 39.8 Å². The number of carbonyl (C=O) groups is 1. The van der Waals surface area contributed by atoms with Crippen LogP contribution in [-0.4, -0.2) is 53.1 Å². The molecule has 5 rings (SSSR count). The molecule has 0 bridgehead atoms. The van der Waals surface area contributed by atoms with Gasteiger partial charge in [0, 0.05) is 53.8 Å². The maximum atomic E-state index is 12.4. The van der Waals surface area contributed by atoms with Gasteiger partial charge in [-0.1, -0.05) is 30.3 Å². The van der Waals surface area contributed by atoms with Gasteiger partial charge in [0.2, 0.25) is 5.95 Å². The summed E-state index contributed by atoms with van der Waals surface area (Å²) in [7, 11) is 0. The van der Waals surface area contributed by atoms with E-state index < -0.39 is 5.91 Å². The molecular formula is C28H25FN6O. The highest BCUT2D eigenvalue weighted by molar-refractivity contribution is 6.04. The van der Waals surface area contributed by atoms with E-state index in [4.69, 9.17) is 11.4 Å². The van der Waals surface area contributed by atoms with Gasteiger partial charge in [-0.25, -0.2) is 14.4 Å². The highest BCUT2D eigenvalue weighted by Gasteiger charge is 2.25. The third-order valence-electron chi connectivity index (χ3n) is 6.04. The van der Waals surface area contributed by atoms with Crippen LogP contribution in [0, 0.1) is 12.3 Å². The standard InChI is InChI=1S/C28H25FN6O/c1-2-26(36)32-23-7-3-5-19(15-23)25-8-4-6-20-16-30-28(34-27(20)25)33-22-11-9-21(10-12-22)31-24-17-35(18-24)14-13-29/h1,3-12,15-16,24,31H,13-14,17-18H2,(H,32,36)(H,30,33,34). The normalized spacial score (nSPS) is 13.6. The SMILES string of the molecule is C#CC(=O)Nc1cccc(-c2cccc3cnc(Nc4ccc(NC5CN(CCF)C5)cc4)nc23)c1. The van der Waals surface area contributed by atoms with Crippen molar-refractivity contribution in [3.05, 3.63) is 72.9 Å². The van der Waals surface area contributed by atoms with E-state index in [1.54, 1.807) is 12.3 Å². The Kier molecular flexibility index (Phi) is 6.74. The van der Waals surface area contributed by atoms with E-state index in [0.29, 0.717) is 24.2 Å². The number of hydrogen-bond acceptors (Lipinski definition) is 6. The first-order chi connectivity index (χ1) is 17.6. The Bertz CT molecular complexity index is 1430. The average Bonchev–Trinajstić information content (AvgIpc) is 2.88. The predicted molar refractivity (Wildman–Crippen MR) is 142 cm³/mol. The van der Waals surface area contributed by atoms with E-state index in [1.165, 1.54) is 0 Å². The van der Waals surface area contributed by atoms with Gasteiger partial charge in [0.1, 0.15) is 6.67 Å². The second kappa shape index (κ2) is 10.4. The van der Waals surface area contributed by atoms with E-state index in [-0.39, 0.29) is 6.67 Å². The highest BCUT2D eigenvalue weighted by atomic mass is 19.1. The first-order valence-electron chi connectivity index (χ1n) is 11.7. The van der Waals surface area contributed by atoms with Crippen molar-refractivity contribution in [1.82, 2.24) is 14.9 Å². The molecule has 0 saturated carbocycles. The number of alkyl halides is 1. The molecule has 1 aliphatic rings. The Hall–Kier alpha value is -4.48. The lowest BCUT2D eigenvalue weighted by atomic mass is 10.0. The highest BCUT2D eigenvalue weighted by Crippen LogP contribution is 2.30. The molecule has 1 amide bonds. The van der Waals surface area contributed by atoms with Gasteiger partial charge in [-0.15, -0.1) is 6.42 Å². The molecule has 3 aromatic carbocycles. The zero-order chi connectivity index (χ0) is 24.9. The van der Waals surface area contributed by atoms with Crippen molar-refractivity contribution in [3.63, 3.8) is 0 Å². The second-order valence-electron chi connectivity index (χ2n) is 8.61. The summed E-state index contributed by atoms with van der Waals surface area (Å²) in [5.41, 5.74) is 5.10. The molecule has 0 radical (unpaired) electrons. The number of aromatic nitrogens is 2. The summed E-state index contributed by atoms with van der Waals surface area (Å²) in [6.07, 6.45) is 6.96. The Balaban J connectivity index is 1.32. The van der Waals surface area contributed by atoms with Crippen LogP contribution in [0.3, 0.4) is 0 Å². The van der Waals surface area contributed by atoms with Gasteiger partial charge in [-0.05, 0) is 47.9 Å². The van der Waals surface area contributed by atoms with Crippen molar-refractivity contribution in [1.29, 1.82) is 0 Å². The number of halogens is 1. The van der Waals surface area contributed by atoms with Crippen LogP contribution in [0.4, 0.5) is 27.4 Å². The van der Waals surface area contributed by atoms with Crippen molar-refractivity contribution < 1.29 is 9.18 Å². The van der Waals surface area contributed by atoms with E-state index in [1.807, 2.05) is 60.7 Å². The number of para-hydroxylation sites is 1. The fourth-order valence-corrected chi connectivity index (χ4v) is 4.26. The molecule has 180 valence electrons. The minimum atomic E-state index is -0.494. The van der Waals surface area contributed by atoms with E-state index in [2.05, 4.69) is 31.8 Å². The molecule has 36 heavy (non-hydrogen) atoms. The van der Waals surface area contributed by atoms with Crippen LogP contribution in [0.2, 0.25) is 0 Å². The summed E-state index contributed by atoms with van der Waals surface area (Å²) in [6.45, 7) is 1.91. The van der Waals surface area contributed by atoms with Crippen molar-refractivity contribution in [2.24, 2.45) is 0 Å². The van der Waals surface area contributed by atoms with E-state index in [9.17, 15) is 9.18 Å². The molecule has 7 nitrogen and oxygen atoms in total. The lowest BCUT2D eigenvalue weighted by molar-refractivity contribution is -0.111. The number of terminal acetylenes is 1. The molecule has 1 aliphatic heterocycles. The van der Waals surface area contributed by atoms with Gasteiger partial charge >= 0.3 is 0 Å². The zero-order valence-electron chi connectivity index (χ0n) is 19.5.